The summed E-state index contributed by atoms with van der Waals surface area (Å²) in [7, 11) is 0. The number of nitrogens with one attached hydrogen (secondary N) is 1. The quantitative estimate of drug-likeness (QED) is 0.428. The zero-order chi connectivity index (χ0) is 25.0. The second kappa shape index (κ2) is 14.3. The molecule has 0 bridgehead atoms. The number of hydrogen-bond donors (Lipinski definition) is 1. The van der Waals surface area contributed by atoms with Crippen molar-refractivity contribution in [2.24, 2.45) is 5.92 Å². The van der Waals surface area contributed by atoms with E-state index in [1.54, 1.807) is 0 Å². The molecule has 35 heavy (non-hydrogen) atoms. The van der Waals surface area contributed by atoms with Gasteiger partial charge in [-0.15, -0.1) is 0 Å². The summed E-state index contributed by atoms with van der Waals surface area (Å²) >= 11 is 0. The monoisotopic (exact) mass is 482 g/mol. The Balaban J connectivity index is 0.00000108. The molecule has 3 aliphatic rings. The molecule has 3 saturated heterocycles. The van der Waals surface area contributed by atoms with Gasteiger partial charge in [-0.25, -0.2) is 0 Å². The van der Waals surface area contributed by atoms with Crippen molar-refractivity contribution >= 4 is 18.0 Å². The highest BCUT2D eigenvalue weighted by molar-refractivity contribution is 5.86. The number of benzene rings is 1. The Morgan fingerprint density at radius 2 is 1.74 bits per heavy atom. The molecule has 2 amide bonds. The molecule has 0 radical (unpaired) electrons. The van der Waals surface area contributed by atoms with Crippen molar-refractivity contribution in [1.29, 1.82) is 0 Å². The number of allylic oxidation sites excluding steroid dienone is 1. The van der Waals surface area contributed by atoms with Crippen molar-refractivity contribution in [3.8, 4) is 0 Å². The SMILES string of the molecule is C=C1CCC(c2cccc(N3CCN(CCCCC4CCN(C=O)CC4)CC3)c2)C(=O)N1.CCC. The highest BCUT2D eigenvalue weighted by Gasteiger charge is 2.26. The molecule has 3 aliphatic heterocycles. The Hall–Kier alpha value is -2.34. The summed E-state index contributed by atoms with van der Waals surface area (Å²) in [5, 5.41) is 2.91. The van der Waals surface area contributed by atoms with Gasteiger partial charge in [-0.2, -0.15) is 0 Å². The van der Waals surface area contributed by atoms with Gasteiger partial charge in [0.15, 0.2) is 0 Å². The number of unbranched alkanes of at least 4 members (excludes halogenated alkanes) is 1. The minimum absolute atomic E-state index is 0.0626. The largest absolute Gasteiger partial charge is 0.369 e. The van der Waals surface area contributed by atoms with E-state index >= 15 is 0 Å². The molecule has 1 aromatic rings. The fourth-order valence-corrected chi connectivity index (χ4v) is 5.37. The van der Waals surface area contributed by atoms with Crippen molar-refractivity contribution in [2.75, 3.05) is 50.7 Å². The van der Waals surface area contributed by atoms with Gasteiger partial charge in [-0.3, -0.25) is 14.5 Å². The third-order valence-electron chi connectivity index (χ3n) is 7.50. The number of carbonyl (C=O) groups excluding carboxylic acids is 2. The van der Waals surface area contributed by atoms with Crippen LogP contribution in [0.2, 0.25) is 0 Å². The van der Waals surface area contributed by atoms with E-state index in [1.165, 1.54) is 50.8 Å². The Morgan fingerprint density at radius 3 is 2.40 bits per heavy atom. The van der Waals surface area contributed by atoms with E-state index in [2.05, 4.69) is 59.8 Å². The Morgan fingerprint density at radius 1 is 1.03 bits per heavy atom. The third-order valence-corrected chi connectivity index (χ3v) is 7.50. The summed E-state index contributed by atoms with van der Waals surface area (Å²) in [6, 6.07) is 8.56. The lowest BCUT2D eigenvalue weighted by atomic mass is 9.89. The maximum atomic E-state index is 12.4. The Labute approximate surface area is 212 Å². The molecule has 1 aromatic carbocycles. The number of nitrogens with zero attached hydrogens (tertiary/aromatic N) is 3. The van der Waals surface area contributed by atoms with E-state index in [4.69, 9.17) is 0 Å². The van der Waals surface area contributed by atoms with Gasteiger partial charge < -0.3 is 15.1 Å². The van der Waals surface area contributed by atoms with Gasteiger partial charge in [0.1, 0.15) is 0 Å². The molecule has 0 saturated carbocycles. The number of rotatable bonds is 8. The number of piperazine rings is 1. The first kappa shape index (κ1) is 27.3. The second-order valence-electron chi connectivity index (χ2n) is 10.4. The molecule has 0 aliphatic carbocycles. The van der Waals surface area contributed by atoms with Gasteiger partial charge in [-0.05, 0) is 62.3 Å². The lowest BCUT2D eigenvalue weighted by molar-refractivity contribution is -0.123. The second-order valence-corrected chi connectivity index (χ2v) is 10.4. The van der Waals surface area contributed by atoms with E-state index in [1.807, 2.05) is 4.90 Å². The highest BCUT2D eigenvalue weighted by Crippen LogP contribution is 2.30. The van der Waals surface area contributed by atoms with Gasteiger partial charge in [-0.1, -0.05) is 51.8 Å². The topological polar surface area (TPSA) is 55.9 Å². The van der Waals surface area contributed by atoms with Crippen LogP contribution in [-0.2, 0) is 9.59 Å². The molecule has 4 rings (SSSR count). The number of carbonyl (C=O) groups is 2. The molecule has 0 spiro atoms. The van der Waals surface area contributed by atoms with Crippen LogP contribution in [-0.4, -0.2) is 67.9 Å². The lowest BCUT2D eigenvalue weighted by Gasteiger charge is -2.36. The maximum absolute atomic E-state index is 12.4. The highest BCUT2D eigenvalue weighted by atomic mass is 16.2. The van der Waals surface area contributed by atoms with Gasteiger partial charge >= 0.3 is 0 Å². The molecule has 6 nitrogen and oxygen atoms in total. The van der Waals surface area contributed by atoms with Crippen LogP contribution in [0.1, 0.15) is 76.7 Å². The van der Waals surface area contributed by atoms with Crippen molar-refractivity contribution in [3.63, 3.8) is 0 Å². The van der Waals surface area contributed by atoms with Crippen LogP contribution in [0.15, 0.2) is 36.5 Å². The summed E-state index contributed by atoms with van der Waals surface area (Å²) in [5.41, 5.74) is 3.19. The number of piperidine rings is 2. The van der Waals surface area contributed by atoms with Crippen molar-refractivity contribution < 1.29 is 9.59 Å². The fourth-order valence-electron chi connectivity index (χ4n) is 5.37. The van der Waals surface area contributed by atoms with Gasteiger partial charge in [0.2, 0.25) is 12.3 Å². The summed E-state index contributed by atoms with van der Waals surface area (Å²) in [5.74, 6) is 0.824. The number of likely N-dealkylation sites (tertiary alicyclic amines) is 1. The van der Waals surface area contributed by atoms with E-state index in [0.29, 0.717) is 0 Å². The number of amides is 2. The van der Waals surface area contributed by atoms with Crippen LogP contribution in [0.4, 0.5) is 5.69 Å². The molecule has 3 fully saturated rings. The minimum atomic E-state index is -0.0626. The summed E-state index contributed by atoms with van der Waals surface area (Å²) in [4.78, 5) is 30.2. The normalized spacial score (nSPS) is 21.8. The average Bonchev–Trinajstić information content (AvgIpc) is 2.88. The predicted molar refractivity (Wildman–Crippen MR) is 145 cm³/mol. The van der Waals surface area contributed by atoms with Crippen LogP contribution in [0.3, 0.4) is 0 Å². The van der Waals surface area contributed by atoms with Crippen LogP contribution in [0.25, 0.3) is 0 Å². The molecular weight excluding hydrogens is 436 g/mol. The minimum Gasteiger partial charge on any atom is -0.369 e. The van der Waals surface area contributed by atoms with Crippen LogP contribution < -0.4 is 10.2 Å². The molecule has 1 N–H and O–H groups in total. The third kappa shape index (κ3) is 8.38. The van der Waals surface area contributed by atoms with E-state index in [0.717, 1.165) is 75.7 Å². The smallest absolute Gasteiger partial charge is 0.231 e. The van der Waals surface area contributed by atoms with E-state index in [9.17, 15) is 9.59 Å². The molecule has 6 heteroatoms. The first-order chi connectivity index (χ1) is 17.0. The molecule has 0 aromatic heterocycles. The van der Waals surface area contributed by atoms with E-state index in [-0.39, 0.29) is 11.8 Å². The predicted octanol–water partition coefficient (Wildman–Crippen LogP) is 4.77. The van der Waals surface area contributed by atoms with Gasteiger partial charge in [0, 0.05) is 50.7 Å². The summed E-state index contributed by atoms with van der Waals surface area (Å²) in [6.07, 6.45) is 10.2. The molecule has 1 atom stereocenters. The molecular formula is C29H46N4O2. The number of anilines is 1. The first-order valence-electron chi connectivity index (χ1n) is 13.8. The first-order valence-corrected chi connectivity index (χ1v) is 13.8. The summed E-state index contributed by atoms with van der Waals surface area (Å²) in [6.45, 7) is 15.5. The van der Waals surface area contributed by atoms with Crippen LogP contribution in [0, 0.1) is 5.92 Å². The number of hydrogen-bond acceptors (Lipinski definition) is 4. The van der Waals surface area contributed by atoms with Crippen molar-refractivity contribution in [2.45, 2.75) is 71.1 Å². The van der Waals surface area contributed by atoms with E-state index < -0.39 is 0 Å². The zero-order valence-electron chi connectivity index (χ0n) is 22.0. The average molecular weight is 483 g/mol. The van der Waals surface area contributed by atoms with Crippen LogP contribution in [0.5, 0.6) is 0 Å². The van der Waals surface area contributed by atoms with Crippen LogP contribution >= 0.6 is 0 Å². The van der Waals surface area contributed by atoms with Crippen molar-refractivity contribution in [3.05, 3.63) is 42.1 Å². The molecule has 194 valence electrons. The van der Waals surface area contributed by atoms with Gasteiger partial charge in [0.25, 0.3) is 0 Å². The fraction of sp³-hybridized carbons (Fsp3) is 0.655. The molecule has 1 unspecified atom stereocenters. The Kier molecular flexibility index (Phi) is 11.1. The van der Waals surface area contributed by atoms with Crippen molar-refractivity contribution in [1.82, 2.24) is 15.1 Å². The molecule has 3 heterocycles. The summed E-state index contributed by atoms with van der Waals surface area (Å²) < 4.78 is 0. The maximum Gasteiger partial charge on any atom is 0.231 e. The Bertz CT molecular complexity index is 811. The van der Waals surface area contributed by atoms with Gasteiger partial charge in [0.05, 0.1) is 5.92 Å². The zero-order valence-corrected chi connectivity index (χ0v) is 22.0. The standard InChI is InChI=1S/C26H38N4O2.C3H8/c1-21-8-9-25(26(32)27-21)23-6-4-7-24(19-23)30-17-15-28(16-18-30)12-3-2-5-22-10-13-29(20-31)14-11-22;1-3-2/h4,6-7,19-20,22,25H,1-3,5,8-18H2,(H,27,32);3H2,1-2H3. The lowest BCUT2D eigenvalue weighted by Crippen LogP contribution is -2.46.